The van der Waals surface area contributed by atoms with Gasteiger partial charge in [0.1, 0.15) is 0 Å². The molecule has 86 valence electrons. The smallest absolute Gasteiger partial charge is 0.168 e. The first-order valence-electron chi connectivity index (χ1n) is 5.34. The van der Waals surface area contributed by atoms with Crippen LogP contribution >= 0.6 is 11.6 Å². The summed E-state index contributed by atoms with van der Waals surface area (Å²) in [6.07, 6.45) is 3.71. The number of Topliss-reactive ketones (excluding diaryl/α,β-unsaturated/α-hetero) is 1. The molecule has 1 heterocycles. The Morgan fingerprint density at radius 3 is 2.59 bits per heavy atom. The van der Waals surface area contributed by atoms with Gasteiger partial charge in [-0.25, -0.2) is 0 Å². The van der Waals surface area contributed by atoms with Crippen LogP contribution < -0.4 is 0 Å². The Bertz CT molecular complexity index is 534. The summed E-state index contributed by atoms with van der Waals surface area (Å²) in [4.78, 5) is 16.0. The van der Waals surface area contributed by atoms with Crippen molar-refractivity contribution >= 4 is 17.4 Å². The van der Waals surface area contributed by atoms with Crippen LogP contribution in [0.3, 0.4) is 0 Å². The van der Waals surface area contributed by atoms with E-state index in [1.807, 2.05) is 25.1 Å². The summed E-state index contributed by atoms with van der Waals surface area (Å²) >= 11 is 5.79. The van der Waals surface area contributed by atoms with Crippen molar-refractivity contribution in [3.05, 3.63) is 64.4 Å². The zero-order chi connectivity index (χ0) is 12.3. The predicted molar refractivity (Wildman–Crippen MR) is 68.5 cm³/mol. The van der Waals surface area contributed by atoms with Crippen molar-refractivity contribution < 1.29 is 4.79 Å². The fourth-order valence-electron chi connectivity index (χ4n) is 1.60. The molecule has 0 radical (unpaired) electrons. The molecule has 0 bridgehead atoms. The molecule has 1 aromatic heterocycles. The lowest BCUT2D eigenvalue weighted by atomic mass is 10.0. The van der Waals surface area contributed by atoms with Gasteiger partial charge in [-0.05, 0) is 36.2 Å². The zero-order valence-electron chi connectivity index (χ0n) is 9.48. The van der Waals surface area contributed by atoms with Crippen LogP contribution in [-0.4, -0.2) is 10.8 Å². The molecule has 3 heteroatoms. The van der Waals surface area contributed by atoms with Gasteiger partial charge >= 0.3 is 0 Å². The van der Waals surface area contributed by atoms with Crippen molar-refractivity contribution in [3.8, 4) is 0 Å². The van der Waals surface area contributed by atoms with Gasteiger partial charge in [-0.1, -0.05) is 23.7 Å². The largest absolute Gasteiger partial charge is 0.294 e. The second-order valence-electron chi connectivity index (χ2n) is 3.98. The Balaban J connectivity index is 2.14. The highest BCUT2D eigenvalue weighted by Gasteiger charge is 2.07. The van der Waals surface area contributed by atoms with E-state index in [0.717, 1.165) is 11.1 Å². The van der Waals surface area contributed by atoms with Crippen LogP contribution in [0.4, 0.5) is 0 Å². The Kier molecular flexibility index (Phi) is 3.55. The van der Waals surface area contributed by atoms with Crippen LogP contribution in [0.2, 0.25) is 5.02 Å². The molecule has 2 nitrogen and oxygen atoms in total. The van der Waals surface area contributed by atoms with Crippen LogP contribution in [0.1, 0.15) is 21.5 Å². The van der Waals surface area contributed by atoms with E-state index in [1.54, 1.807) is 24.5 Å². The summed E-state index contributed by atoms with van der Waals surface area (Å²) in [5.41, 5.74) is 2.60. The average Bonchev–Trinajstić information content (AvgIpc) is 2.32. The first-order valence-corrected chi connectivity index (χ1v) is 5.72. The zero-order valence-corrected chi connectivity index (χ0v) is 10.2. The Labute approximate surface area is 105 Å². The van der Waals surface area contributed by atoms with Gasteiger partial charge < -0.3 is 0 Å². The second kappa shape index (κ2) is 5.11. The molecule has 2 aromatic rings. The van der Waals surface area contributed by atoms with E-state index in [2.05, 4.69) is 4.98 Å². The molecule has 0 aliphatic rings. The number of hydrogen-bond donors (Lipinski definition) is 0. The number of ketones is 1. The highest BCUT2D eigenvalue weighted by atomic mass is 35.5. The molecule has 0 saturated carbocycles. The normalized spacial score (nSPS) is 10.2. The van der Waals surface area contributed by atoms with Gasteiger partial charge in [0, 0.05) is 29.4 Å². The number of carbonyl (C=O) groups excluding carboxylic acids is 1. The molecule has 0 aliphatic heterocycles. The molecule has 17 heavy (non-hydrogen) atoms. The lowest BCUT2D eigenvalue weighted by Crippen LogP contribution is -2.04. The number of benzene rings is 1. The quantitative estimate of drug-likeness (QED) is 0.775. The summed E-state index contributed by atoms with van der Waals surface area (Å²) < 4.78 is 0. The third-order valence-corrected chi connectivity index (χ3v) is 2.73. The van der Waals surface area contributed by atoms with Crippen LogP contribution in [0.15, 0.2) is 42.7 Å². The molecular weight excluding hydrogens is 234 g/mol. The molecule has 0 fully saturated rings. The van der Waals surface area contributed by atoms with Gasteiger partial charge in [0.05, 0.1) is 0 Å². The van der Waals surface area contributed by atoms with Gasteiger partial charge in [0.15, 0.2) is 5.78 Å². The number of rotatable bonds is 3. The van der Waals surface area contributed by atoms with Crippen LogP contribution in [0, 0.1) is 6.92 Å². The van der Waals surface area contributed by atoms with Gasteiger partial charge in [-0.3, -0.25) is 9.78 Å². The molecule has 0 aliphatic carbocycles. The number of nitrogens with zero attached hydrogens (tertiary/aromatic N) is 1. The molecular formula is C14H12ClNO. The lowest BCUT2D eigenvalue weighted by Gasteiger charge is -2.02. The van der Waals surface area contributed by atoms with Crippen molar-refractivity contribution in [2.75, 3.05) is 0 Å². The number of aryl methyl sites for hydroxylation is 1. The monoisotopic (exact) mass is 245 g/mol. The van der Waals surface area contributed by atoms with Gasteiger partial charge in [0.2, 0.25) is 0 Å². The Hall–Kier alpha value is -1.67. The molecule has 0 atom stereocenters. The minimum absolute atomic E-state index is 0.0727. The van der Waals surface area contributed by atoms with Crippen molar-refractivity contribution in [1.82, 2.24) is 4.98 Å². The van der Waals surface area contributed by atoms with E-state index in [9.17, 15) is 4.79 Å². The lowest BCUT2D eigenvalue weighted by molar-refractivity contribution is 0.0992. The second-order valence-corrected chi connectivity index (χ2v) is 4.41. The van der Waals surface area contributed by atoms with Crippen molar-refractivity contribution in [3.63, 3.8) is 0 Å². The van der Waals surface area contributed by atoms with Crippen LogP contribution in [0.5, 0.6) is 0 Å². The first kappa shape index (κ1) is 11.8. The minimum Gasteiger partial charge on any atom is -0.294 e. The first-order chi connectivity index (χ1) is 8.15. The molecule has 0 amide bonds. The van der Waals surface area contributed by atoms with Crippen LogP contribution in [0.25, 0.3) is 0 Å². The molecule has 0 saturated heterocycles. The van der Waals surface area contributed by atoms with Crippen molar-refractivity contribution in [2.24, 2.45) is 0 Å². The van der Waals surface area contributed by atoms with Gasteiger partial charge in [0.25, 0.3) is 0 Å². The maximum Gasteiger partial charge on any atom is 0.168 e. The van der Waals surface area contributed by atoms with E-state index >= 15 is 0 Å². The fraction of sp³-hybridized carbons (Fsp3) is 0.143. The summed E-state index contributed by atoms with van der Waals surface area (Å²) in [6.45, 7) is 1.92. The van der Waals surface area contributed by atoms with Gasteiger partial charge in [-0.15, -0.1) is 0 Å². The highest BCUT2D eigenvalue weighted by Crippen LogP contribution is 2.12. The number of aromatic nitrogens is 1. The van der Waals surface area contributed by atoms with Crippen molar-refractivity contribution in [2.45, 2.75) is 13.3 Å². The summed E-state index contributed by atoms with van der Waals surface area (Å²) in [7, 11) is 0. The van der Waals surface area contributed by atoms with E-state index < -0.39 is 0 Å². The summed E-state index contributed by atoms with van der Waals surface area (Å²) in [5, 5.41) is 0.679. The average molecular weight is 246 g/mol. The number of halogens is 1. The third kappa shape index (κ3) is 3.14. The minimum atomic E-state index is 0.0727. The van der Waals surface area contributed by atoms with E-state index in [0.29, 0.717) is 17.0 Å². The third-order valence-electron chi connectivity index (χ3n) is 2.47. The number of carbonyl (C=O) groups is 1. The molecule has 0 unspecified atom stereocenters. The highest BCUT2D eigenvalue weighted by molar-refractivity contribution is 6.30. The maximum atomic E-state index is 12.0. The number of hydrogen-bond acceptors (Lipinski definition) is 2. The Morgan fingerprint density at radius 1 is 1.24 bits per heavy atom. The van der Waals surface area contributed by atoms with Crippen LogP contribution in [-0.2, 0) is 6.42 Å². The topological polar surface area (TPSA) is 30.0 Å². The van der Waals surface area contributed by atoms with Crippen molar-refractivity contribution in [1.29, 1.82) is 0 Å². The Morgan fingerprint density at radius 2 is 1.94 bits per heavy atom. The summed E-state index contributed by atoms with van der Waals surface area (Å²) in [6, 6.07) is 9.16. The maximum absolute atomic E-state index is 12.0. The summed E-state index contributed by atoms with van der Waals surface area (Å²) in [5.74, 6) is 0.0727. The standard InChI is InChI=1S/C14H12ClNO/c1-10-6-12(9-16-8-10)14(17)7-11-2-4-13(15)5-3-11/h2-6,8-9H,7H2,1H3. The van der Waals surface area contributed by atoms with Gasteiger partial charge in [-0.2, -0.15) is 0 Å². The molecule has 1 aromatic carbocycles. The molecule has 0 N–H and O–H groups in total. The fourth-order valence-corrected chi connectivity index (χ4v) is 1.72. The molecule has 2 rings (SSSR count). The molecule has 0 spiro atoms. The number of pyridine rings is 1. The van der Waals surface area contributed by atoms with E-state index in [1.165, 1.54) is 0 Å². The SMILES string of the molecule is Cc1cncc(C(=O)Cc2ccc(Cl)cc2)c1. The van der Waals surface area contributed by atoms with E-state index in [4.69, 9.17) is 11.6 Å². The predicted octanol–water partition coefficient (Wildman–Crippen LogP) is 3.47. The van der Waals surface area contributed by atoms with E-state index in [-0.39, 0.29) is 5.78 Å².